The van der Waals surface area contributed by atoms with Crippen molar-refractivity contribution in [3.8, 4) is 0 Å². The van der Waals surface area contributed by atoms with Gasteiger partial charge in [-0.2, -0.15) is 23.3 Å². The minimum absolute atomic E-state index is 0.00423. The van der Waals surface area contributed by atoms with Gasteiger partial charge in [0, 0.05) is 19.3 Å². The highest BCUT2D eigenvalue weighted by atomic mass is 19.4. The molecule has 7 nitrogen and oxygen atoms in total. The van der Waals surface area contributed by atoms with E-state index < -0.39 is 18.2 Å². The molecule has 0 unspecified atom stereocenters. The molecule has 1 saturated heterocycles. The summed E-state index contributed by atoms with van der Waals surface area (Å²) in [6.07, 6.45) is -3.09. The van der Waals surface area contributed by atoms with Gasteiger partial charge in [0.1, 0.15) is 11.4 Å². The van der Waals surface area contributed by atoms with E-state index in [1.807, 2.05) is 0 Å². The highest BCUT2D eigenvalue weighted by Crippen LogP contribution is 2.34. The zero-order chi connectivity index (χ0) is 21.9. The van der Waals surface area contributed by atoms with E-state index in [4.69, 9.17) is 0 Å². The van der Waals surface area contributed by atoms with Crippen LogP contribution < -0.4 is 10.6 Å². The van der Waals surface area contributed by atoms with Crippen LogP contribution in [0.25, 0.3) is 0 Å². The highest BCUT2D eigenvalue weighted by molar-refractivity contribution is 5.58. The van der Waals surface area contributed by atoms with Gasteiger partial charge in [-0.05, 0) is 33.2 Å². The van der Waals surface area contributed by atoms with Crippen LogP contribution in [0.5, 0.6) is 0 Å². The average molecular weight is 433 g/mol. The quantitative estimate of drug-likeness (QED) is 0.642. The van der Waals surface area contributed by atoms with Gasteiger partial charge in [-0.3, -0.25) is 9.58 Å². The van der Waals surface area contributed by atoms with E-state index in [-0.39, 0.29) is 30.9 Å². The fourth-order valence-electron chi connectivity index (χ4n) is 3.58. The summed E-state index contributed by atoms with van der Waals surface area (Å²) in [5.41, 5.74) is 0.333. The van der Waals surface area contributed by atoms with Crippen molar-refractivity contribution in [2.45, 2.75) is 45.3 Å². The minimum atomic E-state index is -4.57. The van der Waals surface area contributed by atoms with Crippen LogP contribution in [0.4, 0.5) is 39.4 Å². The lowest BCUT2D eigenvalue weighted by atomic mass is 10.1. The van der Waals surface area contributed by atoms with Gasteiger partial charge in [-0.25, -0.2) is 13.8 Å². The predicted molar refractivity (Wildman–Crippen MR) is 102 cm³/mol. The number of piperidine rings is 1. The third kappa shape index (κ3) is 5.15. The molecule has 0 bridgehead atoms. The maximum absolute atomic E-state index is 13.1. The molecule has 2 aromatic rings. The molecule has 3 rings (SSSR count). The van der Waals surface area contributed by atoms with Crippen LogP contribution in [0.2, 0.25) is 0 Å². The Morgan fingerprint density at radius 1 is 1.27 bits per heavy atom. The highest BCUT2D eigenvalue weighted by Gasteiger charge is 2.35. The van der Waals surface area contributed by atoms with E-state index in [2.05, 4.69) is 25.7 Å². The maximum Gasteiger partial charge on any atom is 0.421 e. The Kier molecular flexibility index (Phi) is 6.74. The summed E-state index contributed by atoms with van der Waals surface area (Å²) in [5.74, 6) is -0.299. The number of rotatable bonds is 7. The largest absolute Gasteiger partial charge is 0.421 e. The van der Waals surface area contributed by atoms with Crippen LogP contribution >= 0.6 is 0 Å². The molecule has 1 atom stereocenters. The number of likely N-dealkylation sites (tertiary alicyclic amines) is 1. The van der Waals surface area contributed by atoms with E-state index in [0.717, 1.165) is 24.7 Å². The summed E-state index contributed by atoms with van der Waals surface area (Å²) in [6.45, 7) is 4.57. The van der Waals surface area contributed by atoms with Crippen LogP contribution in [0, 0.1) is 6.92 Å². The monoisotopic (exact) mass is 433 g/mol. The fourth-order valence-corrected chi connectivity index (χ4v) is 3.58. The summed E-state index contributed by atoms with van der Waals surface area (Å²) >= 11 is 0. The number of nitrogens with one attached hydrogen (secondary N) is 2. The molecule has 0 aliphatic carbocycles. The third-order valence-electron chi connectivity index (χ3n) is 4.95. The van der Waals surface area contributed by atoms with Crippen molar-refractivity contribution in [1.29, 1.82) is 0 Å². The Bertz CT molecular complexity index is 852. The van der Waals surface area contributed by atoms with Crippen molar-refractivity contribution >= 4 is 17.5 Å². The second-order valence-electron chi connectivity index (χ2n) is 7.14. The van der Waals surface area contributed by atoms with Crippen molar-refractivity contribution in [3.05, 3.63) is 23.7 Å². The standard InChI is InChI=1S/C18H24F5N7/c1-3-24-16-13(18(21,22)23)7-25-17(28-16)27-14-8-26-30(11(14)2)12-5-4-6-29(9-12)10-15(19)20/h7-8,12,15H,3-6,9-10H2,1-2H3,(H2,24,25,27,28)/t12-/m0/s1. The average Bonchev–Trinajstić information content (AvgIpc) is 3.01. The van der Waals surface area contributed by atoms with Crippen LogP contribution in [-0.2, 0) is 6.18 Å². The Morgan fingerprint density at radius 3 is 2.70 bits per heavy atom. The molecule has 0 radical (unpaired) electrons. The van der Waals surface area contributed by atoms with Crippen LogP contribution in [0.1, 0.15) is 37.1 Å². The molecule has 12 heteroatoms. The molecular formula is C18H24F5N7. The molecule has 3 heterocycles. The van der Waals surface area contributed by atoms with Gasteiger partial charge in [-0.15, -0.1) is 0 Å². The van der Waals surface area contributed by atoms with Crippen LogP contribution in [0.15, 0.2) is 12.4 Å². The van der Waals surface area contributed by atoms with Crippen molar-refractivity contribution < 1.29 is 22.0 Å². The first-order valence-corrected chi connectivity index (χ1v) is 9.68. The lowest BCUT2D eigenvalue weighted by Crippen LogP contribution is -2.39. The smallest absolute Gasteiger partial charge is 0.370 e. The molecule has 0 spiro atoms. The Balaban J connectivity index is 1.77. The third-order valence-corrected chi connectivity index (χ3v) is 4.95. The molecule has 2 aromatic heterocycles. The van der Waals surface area contributed by atoms with E-state index in [1.54, 1.807) is 23.4 Å². The minimum Gasteiger partial charge on any atom is -0.370 e. The molecule has 30 heavy (non-hydrogen) atoms. The second-order valence-corrected chi connectivity index (χ2v) is 7.14. The van der Waals surface area contributed by atoms with E-state index >= 15 is 0 Å². The fraction of sp³-hybridized carbons (Fsp3) is 0.611. The Hall–Kier alpha value is -2.50. The lowest BCUT2D eigenvalue weighted by Gasteiger charge is -2.33. The van der Waals surface area contributed by atoms with Gasteiger partial charge in [0.15, 0.2) is 0 Å². The predicted octanol–water partition coefficient (Wildman–Crippen LogP) is 4.08. The summed E-state index contributed by atoms with van der Waals surface area (Å²) in [7, 11) is 0. The first-order chi connectivity index (χ1) is 14.2. The first-order valence-electron chi connectivity index (χ1n) is 9.68. The molecule has 0 amide bonds. The van der Waals surface area contributed by atoms with Gasteiger partial charge < -0.3 is 10.6 Å². The van der Waals surface area contributed by atoms with Gasteiger partial charge in [0.05, 0.1) is 30.2 Å². The van der Waals surface area contributed by atoms with Crippen LogP contribution in [-0.4, -0.2) is 57.3 Å². The SMILES string of the molecule is CCNc1nc(Nc2cnn([C@H]3CCCN(CC(F)F)C3)c2C)ncc1C(F)(F)F. The first kappa shape index (κ1) is 22.2. The van der Waals surface area contributed by atoms with E-state index in [1.165, 1.54) is 6.20 Å². The molecule has 0 aromatic carbocycles. The summed E-state index contributed by atoms with van der Waals surface area (Å²) < 4.78 is 66.5. The Labute approximate surface area is 170 Å². The van der Waals surface area contributed by atoms with E-state index in [9.17, 15) is 22.0 Å². The molecular weight excluding hydrogens is 409 g/mol. The molecule has 1 fully saturated rings. The van der Waals surface area contributed by atoms with Crippen molar-refractivity contribution in [3.63, 3.8) is 0 Å². The number of hydrogen-bond donors (Lipinski definition) is 2. The summed E-state index contributed by atoms with van der Waals surface area (Å²) in [5, 5.41) is 9.86. The Morgan fingerprint density at radius 2 is 2.03 bits per heavy atom. The van der Waals surface area contributed by atoms with Crippen molar-refractivity contribution in [1.82, 2.24) is 24.6 Å². The van der Waals surface area contributed by atoms with E-state index in [0.29, 0.717) is 18.8 Å². The lowest BCUT2D eigenvalue weighted by molar-refractivity contribution is -0.137. The molecule has 2 N–H and O–H groups in total. The van der Waals surface area contributed by atoms with Gasteiger partial charge in [-0.1, -0.05) is 0 Å². The maximum atomic E-state index is 13.1. The van der Waals surface area contributed by atoms with Gasteiger partial charge in [0.25, 0.3) is 6.43 Å². The number of aromatic nitrogens is 4. The molecule has 1 aliphatic rings. The van der Waals surface area contributed by atoms with Gasteiger partial charge in [0.2, 0.25) is 5.95 Å². The van der Waals surface area contributed by atoms with Crippen molar-refractivity contribution in [2.24, 2.45) is 0 Å². The summed E-state index contributed by atoms with van der Waals surface area (Å²) in [6, 6.07) is -0.0566. The number of halogens is 5. The normalized spacial score (nSPS) is 18.1. The van der Waals surface area contributed by atoms with Crippen molar-refractivity contribution in [2.75, 3.05) is 36.8 Å². The number of hydrogen-bond acceptors (Lipinski definition) is 6. The molecule has 0 saturated carbocycles. The number of nitrogens with zero attached hydrogens (tertiary/aromatic N) is 5. The zero-order valence-electron chi connectivity index (χ0n) is 16.7. The van der Waals surface area contributed by atoms with Crippen LogP contribution in [0.3, 0.4) is 0 Å². The topological polar surface area (TPSA) is 70.9 Å². The summed E-state index contributed by atoms with van der Waals surface area (Å²) in [4.78, 5) is 9.45. The second kappa shape index (κ2) is 9.11. The zero-order valence-corrected chi connectivity index (χ0v) is 16.7. The van der Waals surface area contributed by atoms with Gasteiger partial charge >= 0.3 is 6.18 Å². The molecule has 166 valence electrons. The number of anilines is 3. The number of alkyl halides is 5. The molecule has 1 aliphatic heterocycles.